The Morgan fingerprint density at radius 1 is 1.22 bits per heavy atom. The number of benzene rings is 1. The van der Waals surface area contributed by atoms with Crippen molar-refractivity contribution in [2.45, 2.75) is 6.92 Å². The van der Waals surface area contributed by atoms with Gasteiger partial charge in [-0.1, -0.05) is 6.07 Å². The minimum atomic E-state index is 0.517. The molecule has 0 bridgehead atoms. The second kappa shape index (κ2) is 4.03. The van der Waals surface area contributed by atoms with Gasteiger partial charge >= 0.3 is 0 Å². The standard InChI is InChI=1S/C13H12N4O/c1-9-10(14)3-2-4-12(9)18-13-11-5-6-16-17(11)8-7-15-13/h2-8H,14H2,1H3. The summed E-state index contributed by atoms with van der Waals surface area (Å²) in [6.45, 7) is 1.92. The van der Waals surface area contributed by atoms with E-state index in [9.17, 15) is 0 Å². The molecule has 2 aromatic heterocycles. The van der Waals surface area contributed by atoms with Gasteiger partial charge < -0.3 is 10.5 Å². The second-order valence-electron chi connectivity index (χ2n) is 3.97. The second-order valence-corrected chi connectivity index (χ2v) is 3.97. The van der Waals surface area contributed by atoms with Crippen LogP contribution >= 0.6 is 0 Å². The number of aromatic nitrogens is 3. The fraction of sp³-hybridized carbons (Fsp3) is 0.0769. The van der Waals surface area contributed by atoms with Crippen LogP contribution in [-0.4, -0.2) is 14.6 Å². The van der Waals surface area contributed by atoms with E-state index in [1.54, 1.807) is 23.1 Å². The normalized spacial score (nSPS) is 10.7. The molecular formula is C13H12N4O. The smallest absolute Gasteiger partial charge is 0.245 e. The summed E-state index contributed by atoms with van der Waals surface area (Å²) in [5, 5.41) is 4.13. The molecule has 3 aromatic rings. The minimum absolute atomic E-state index is 0.517. The maximum atomic E-state index is 5.85. The predicted molar refractivity (Wildman–Crippen MR) is 68.7 cm³/mol. The average Bonchev–Trinajstić information content (AvgIpc) is 2.84. The van der Waals surface area contributed by atoms with Crippen molar-refractivity contribution in [3.05, 3.63) is 48.4 Å². The molecule has 5 heteroatoms. The molecule has 2 N–H and O–H groups in total. The molecule has 0 saturated heterocycles. The van der Waals surface area contributed by atoms with Crippen LogP contribution in [0.3, 0.4) is 0 Å². The Morgan fingerprint density at radius 3 is 3.00 bits per heavy atom. The SMILES string of the molecule is Cc1c(N)cccc1Oc1nccn2nccc12. The largest absolute Gasteiger partial charge is 0.437 e. The van der Waals surface area contributed by atoms with Crippen molar-refractivity contribution in [3.63, 3.8) is 0 Å². The number of hydrogen-bond donors (Lipinski definition) is 1. The first-order valence-corrected chi connectivity index (χ1v) is 5.57. The third-order valence-electron chi connectivity index (χ3n) is 2.82. The van der Waals surface area contributed by atoms with Crippen molar-refractivity contribution in [3.8, 4) is 11.6 Å². The lowest BCUT2D eigenvalue weighted by Crippen LogP contribution is -1.97. The van der Waals surface area contributed by atoms with Crippen LogP contribution in [0.2, 0.25) is 0 Å². The average molecular weight is 240 g/mol. The highest BCUT2D eigenvalue weighted by Gasteiger charge is 2.08. The molecule has 18 heavy (non-hydrogen) atoms. The summed E-state index contributed by atoms with van der Waals surface area (Å²) in [6.07, 6.45) is 5.13. The molecule has 0 aliphatic heterocycles. The zero-order valence-corrected chi connectivity index (χ0v) is 9.87. The molecule has 0 radical (unpaired) electrons. The van der Waals surface area contributed by atoms with E-state index in [-0.39, 0.29) is 0 Å². The van der Waals surface area contributed by atoms with Gasteiger partial charge in [-0.2, -0.15) is 5.10 Å². The number of nitrogen functional groups attached to an aromatic ring is 1. The predicted octanol–water partition coefficient (Wildman–Crippen LogP) is 2.41. The molecule has 90 valence electrons. The fourth-order valence-corrected chi connectivity index (χ4v) is 1.76. The first-order chi connectivity index (χ1) is 8.75. The molecule has 0 aliphatic carbocycles. The molecular weight excluding hydrogens is 228 g/mol. The topological polar surface area (TPSA) is 65.4 Å². The van der Waals surface area contributed by atoms with Crippen molar-refractivity contribution in [2.24, 2.45) is 0 Å². The van der Waals surface area contributed by atoms with E-state index in [1.807, 2.05) is 31.2 Å². The highest BCUT2D eigenvalue weighted by atomic mass is 16.5. The van der Waals surface area contributed by atoms with E-state index in [0.29, 0.717) is 17.3 Å². The molecule has 0 saturated carbocycles. The van der Waals surface area contributed by atoms with Crippen molar-refractivity contribution in [1.29, 1.82) is 0 Å². The van der Waals surface area contributed by atoms with E-state index in [1.165, 1.54) is 0 Å². The van der Waals surface area contributed by atoms with Gasteiger partial charge in [0.2, 0.25) is 5.88 Å². The first-order valence-electron chi connectivity index (χ1n) is 5.57. The molecule has 3 rings (SSSR count). The summed E-state index contributed by atoms with van der Waals surface area (Å²) in [4.78, 5) is 4.22. The van der Waals surface area contributed by atoms with Gasteiger partial charge in [0.15, 0.2) is 0 Å². The Morgan fingerprint density at radius 2 is 2.11 bits per heavy atom. The van der Waals surface area contributed by atoms with E-state index in [0.717, 1.165) is 11.1 Å². The van der Waals surface area contributed by atoms with Crippen LogP contribution in [0.15, 0.2) is 42.9 Å². The number of hydrogen-bond acceptors (Lipinski definition) is 4. The van der Waals surface area contributed by atoms with E-state index >= 15 is 0 Å². The van der Waals surface area contributed by atoms with Gasteiger partial charge in [-0.05, 0) is 25.1 Å². The minimum Gasteiger partial charge on any atom is -0.437 e. The fourth-order valence-electron chi connectivity index (χ4n) is 1.76. The molecule has 0 unspecified atom stereocenters. The molecule has 0 amide bonds. The lowest BCUT2D eigenvalue weighted by Gasteiger charge is -2.09. The Kier molecular flexibility index (Phi) is 2.37. The zero-order chi connectivity index (χ0) is 12.5. The highest BCUT2D eigenvalue weighted by Crippen LogP contribution is 2.29. The summed E-state index contributed by atoms with van der Waals surface area (Å²) in [7, 11) is 0. The molecule has 1 aromatic carbocycles. The van der Waals surface area contributed by atoms with E-state index in [4.69, 9.17) is 10.5 Å². The maximum absolute atomic E-state index is 5.85. The lowest BCUT2D eigenvalue weighted by atomic mass is 10.2. The Hall–Kier alpha value is -2.56. The van der Waals surface area contributed by atoms with Gasteiger partial charge in [-0.3, -0.25) is 0 Å². The molecule has 0 spiro atoms. The van der Waals surface area contributed by atoms with Crippen molar-refractivity contribution in [1.82, 2.24) is 14.6 Å². The van der Waals surface area contributed by atoms with E-state index in [2.05, 4.69) is 10.1 Å². The van der Waals surface area contributed by atoms with Crippen LogP contribution in [0.5, 0.6) is 11.6 Å². The highest BCUT2D eigenvalue weighted by molar-refractivity contribution is 5.59. The van der Waals surface area contributed by atoms with Crippen LogP contribution in [0, 0.1) is 6.92 Å². The van der Waals surface area contributed by atoms with Gasteiger partial charge in [0.05, 0.1) is 6.20 Å². The van der Waals surface area contributed by atoms with Crippen LogP contribution in [0.4, 0.5) is 5.69 Å². The number of nitrogens with zero attached hydrogens (tertiary/aromatic N) is 3. The van der Waals surface area contributed by atoms with Crippen LogP contribution in [-0.2, 0) is 0 Å². The Balaban J connectivity index is 2.06. The van der Waals surface area contributed by atoms with Crippen LogP contribution < -0.4 is 10.5 Å². The summed E-state index contributed by atoms with van der Waals surface area (Å²) >= 11 is 0. The van der Waals surface area contributed by atoms with Gasteiger partial charge in [0.25, 0.3) is 0 Å². The van der Waals surface area contributed by atoms with Gasteiger partial charge in [-0.15, -0.1) is 0 Å². The van der Waals surface area contributed by atoms with Gasteiger partial charge in [-0.25, -0.2) is 9.50 Å². The molecule has 5 nitrogen and oxygen atoms in total. The van der Waals surface area contributed by atoms with Crippen LogP contribution in [0.1, 0.15) is 5.56 Å². The third-order valence-corrected chi connectivity index (χ3v) is 2.82. The van der Waals surface area contributed by atoms with Gasteiger partial charge in [0.1, 0.15) is 11.3 Å². The summed E-state index contributed by atoms with van der Waals surface area (Å²) < 4.78 is 7.52. The maximum Gasteiger partial charge on any atom is 0.245 e. The van der Waals surface area contributed by atoms with Crippen molar-refractivity contribution in [2.75, 3.05) is 5.73 Å². The zero-order valence-electron chi connectivity index (χ0n) is 9.87. The van der Waals surface area contributed by atoms with E-state index < -0.39 is 0 Å². The summed E-state index contributed by atoms with van der Waals surface area (Å²) in [5.74, 6) is 1.22. The molecule has 2 heterocycles. The quantitative estimate of drug-likeness (QED) is 0.698. The van der Waals surface area contributed by atoms with Crippen molar-refractivity contribution < 1.29 is 4.74 Å². The van der Waals surface area contributed by atoms with Crippen molar-refractivity contribution >= 4 is 11.2 Å². The monoisotopic (exact) mass is 240 g/mol. The molecule has 0 aliphatic rings. The Labute approximate surface area is 104 Å². The number of nitrogens with two attached hydrogens (primary N) is 1. The number of fused-ring (bicyclic) bond motifs is 1. The van der Waals surface area contributed by atoms with Gasteiger partial charge in [0, 0.05) is 23.6 Å². The molecule has 0 fully saturated rings. The summed E-state index contributed by atoms with van der Waals surface area (Å²) in [5.41, 5.74) is 8.27. The Bertz CT molecular complexity index is 705. The number of rotatable bonds is 2. The first kappa shape index (κ1) is 10.6. The lowest BCUT2D eigenvalue weighted by molar-refractivity contribution is 0.462. The molecule has 0 atom stereocenters. The third kappa shape index (κ3) is 1.66. The number of ether oxygens (including phenoxy) is 1. The summed E-state index contributed by atoms with van der Waals surface area (Å²) in [6, 6.07) is 7.42. The number of anilines is 1. The van der Waals surface area contributed by atoms with Crippen LogP contribution in [0.25, 0.3) is 5.52 Å².